The summed E-state index contributed by atoms with van der Waals surface area (Å²) in [7, 11) is 2.08. The third kappa shape index (κ3) is 2.57. The van der Waals surface area contributed by atoms with Crippen molar-refractivity contribution in [3.8, 4) is 0 Å². The number of amides is 1. The van der Waals surface area contributed by atoms with Gasteiger partial charge in [-0.15, -0.1) is 0 Å². The lowest BCUT2D eigenvalue weighted by atomic mass is 9.90. The molecule has 0 spiro atoms. The Morgan fingerprint density at radius 1 is 1.00 bits per heavy atom. The van der Waals surface area contributed by atoms with Crippen LogP contribution in [0, 0.1) is 0 Å². The second-order valence-electron chi connectivity index (χ2n) is 6.44. The minimum Gasteiger partial charge on any atom is -0.378 e. The molecule has 24 heavy (non-hydrogen) atoms. The Kier molecular flexibility index (Phi) is 3.98. The summed E-state index contributed by atoms with van der Waals surface area (Å²) in [6.45, 7) is 2.65. The zero-order valence-corrected chi connectivity index (χ0v) is 13.9. The standard InChI is InChI=1S/C20H22N2O2/c1-21-18-8-4-2-6-15(18)14-17(16-7-3-5-9-19(16)21)20(23)22-10-12-24-13-11-22/h2-9,17H,10-14H2,1H3/t17-/m0/s1. The molecule has 2 aliphatic rings. The molecule has 1 amide bonds. The van der Waals surface area contributed by atoms with Crippen molar-refractivity contribution in [2.24, 2.45) is 0 Å². The highest BCUT2D eigenvalue weighted by atomic mass is 16.5. The summed E-state index contributed by atoms with van der Waals surface area (Å²) >= 11 is 0. The van der Waals surface area contributed by atoms with Crippen molar-refractivity contribution in [1.82, 2.24) is 4.90 Å². The molecule has 0 aromatic heterocycles. The Balaban J connectivity index is 1.78. The van der Waals surface area contributed by atoms with Gasteiger partial charge in [-0.1, -0.05) is 36.4 Å². The van der Waals surface area contributed by atoms with Crippen LogP contribution >= 0.6 is 0 Å². The molecule has 1 saturated heterocycles. The van der Waals surface area contributed by atoms with Crippen LogP contribution in [0.15, 0.2) is 48.5 Å². The summed E-state index contributed by atoms with van der Waals surface area (Å²) in [6, 6.07) is 16.7. The second kappa shape index (κ2) is 6.29. The van der Waals surface area contributed by atoms with Crippen LogP contribution in [-0.2, 0) is 16.0 Å². The lowest BCUT2D eigenvalue weighted by Crippen LogP contribution is -2.43. The van der Waals surface area contributed by atoms with Crippen LogP contribution in [0.3, 0.4) is 0 Å². The minimum atomic E-state index is -0.134. The van der Waals surface area contributed by atoms with E-state index in [9.17, 15) is 4.79 Å². The van der Waals surface area contributed by atoms with E-state index in [0.717, 1.165) is 17.7 Å². The van der Waals surface area contributed by atoms with Crippen LogP contribution in [0.4, 0.5) is 11.4 Å². The Labute approximate surface area is 142 Å². The number of carbonyl (C=O) groups excluding carboxylic acids is 1. The Hall–Kier alpha value is -2.33. The molecule has 0 N–H and O–H groups in total. The molecule has 4 heteroatoms. The number of carbonyl (C=O) groups is 1. The zero-order chi connectivity index (χ0) is 16.5. The van der Waals surface area contributed by atoms with Crippen LogP contribution in [-0.4, -0.2) is 44.2 Å². The minimum absolute atomic E-state index is 0.134. The predicted octanol–water partition coefficient (Wildman–Crippen LogP) is 2.95. The van der Waals surface area contributed by atoms with Crippen molar-refractivity contribution in [2.45, 2.75) is 12.3 Å². The highest BCUT2D eigenvalue weighted by molar-refractivity contribution is 5.88. The lowest BCUT2D eigenvalue weighted by molar-refractivity contribution is -0.136. The zero-order valence-electron chi connectivity index (χ0n) is 13.9. The molecule has 4 nitrogen and oxygen atoms in total. The van der Waals surface area contributed by atoms with Gasteiger partial charge in [-0.3, -0.25) is 4.79 Å². The first kappa shape index (κ1) is 15.2. The fourth-order valence-electron chi connectivity index (χ4n) is 3.78. The maximum absolute atomic E-state index is 13.2. The van der Waals surface area contributed by atoms with Crippen molar-refractivity contribution in [3.63, 3.8) is 0 Å². The summed E-state index contributed by atoms with van der Waals surface area (Å²) in [6.07, 6.45) is 0.744. The van der Waals surface area contributed by atoms with Gasteiger partial charge in [0.15, 0.2) is 0 Å². The van der Waals surface area contributed by atoms with Crippen molar-refractivity contribution >= 4 is 17.3 Å². The van der Waals surface area contributed by atoms with E-state index in [4.69, 9.17) is 4.74 Å². The van der Waals surface area contributed by atoms with Crippen LogP contribution in [0.2, 0.25) is 0 Å². The molecular formula is C20H22N2O2. The van der Waals surface area contributed by atoms with Gasteiger partial charge in [0.25, 0.3) is 0 Å². The highest BCUT2D eigenvalue weighted by Crippen LogP contribution is 2.40. The van der Waals surface area contributed by atoms with E-state index < -0.39 is 0 Å². The normalized spacial score (nSPS) is 20.1. The fraction of sp³-hybridized carbons (Fsp3) is 0.350. The molecule has 2 aromatic carbocycles. The summed E-state index contributed by atoms with van der Waals surface area (Å²) in [5, 5.41) is 0. The van der Waals surface area contributed by atoms with Gasteiger partial charge in [0.2, 0.25) is 5.91 Å². The van der Waals surface area contributed by atoms with Crippen LogP contribution in [0.1, 0.15) is 17.0 Å². The van der Waals surface area contributed by atoms with Crippen LogP contribution in [0.5, 0.6) is 0 Å². The molecule has 124 valence electrons. The molecular weight excluding hydrogens is 300 g/mol. The maximum atomic E-state index is 13.2. The van der Waals surface area contributed by atoms with E-state index >= 15 is 0 Å². The van der Waals surface area contributed by atoms with Gasteiger partial charge in [0, 0.05) is 31.5 Å². The van der Waals surface area contributed by atoms with Crippen LogP contribution in [0.25, 0.3) is 0 Å². The van der Waals surface area contributed by atoms with Gasteiger partial charge in [-0.25, -0.2) is 0 Å². The Morgan fingerprint density at radius 3 is 2.46 bits per heavy atom. The number of para-hydroxylation sites is 2. The monoisotopic (exact) mass is 322 g/mol. The first-order chi connectivity index (χ1) is 11.8. The second-order valence-corrected chi connectivity index (χ2v) is 6.44. The van der Waals surface area contributed by atoms with E-state index in [-0.39, 0.29) is 11.8 Å². The van der Waals surface area contributed by atoms with Crippen molar-refractivity contribution < 1.29 is 9.53 Å². The molecule has 2 heterocycles. The van der Waals surface area contributed by atoms with Crippen molar-refractivity contribution in [1.29, 1.82) is 0 Å². The SMILES string of the molecule is CN1c2ccccc2C[C@H](C(=O)N2CCOCC2)c2ccccc21. The van der Waals surface area contributed by atoms with E-state index in [1.807, 2.05) is 17.0 Å². The number of ether oxygens (including phenoxy) is 1. The fourth-order valence-corrected chi connectivity index (χ4v) is 3.78. The third-order valence-corrected chi connectivity index (χ3v) is 5.07. The number of anilines is 2. The lowest BCUT2D eigenvalue weighted by Gasteiger charge is -2.31. The van der Waals surface area contributed by atoms with Gasteiger partial charge in [-0.2, -0.15) is 0 Å². The first-order valence-corrected chi connectivity index (χ1v) is 8.53. The number of morpholine rings is 1. The molecule has 0 unspecified atom stereocenters. The number of hydrogen-bond acceptors (Lipinski definition) is 3. The van der Waals surface area contributed by atoms with E-state index in [2.05, 4.69) is 48.3 Å². The Morgan fingerprint density at radius 2 is 1.67 bits per heavy atom. The van der Waals surface area contributed by atoms with Crippen molar-refractivity contribution in [2.75, 3.05) is 38.3 Å². The van der Waals surface area contributed by atoms with Gasteiger partial charge in [0.1, 0.15) is 0 Å². The topological polar surface area (TPSA) is 32.8 Å². The van der Waals surface area contributed by atoms with E-state index in [0.29, 0.717) is 26.3 Å². The molecule has 0 aliphatic carbocycles. The van der Waals surface area contributed by atoms with Gasteiger partial charge >= 0.3 is 0 Å². The van der Waals surface area contributed by atoms with Crippen molar-refractivity contribution in [3.05, 3.63) is 59.7 Å². The largest absolute Gasteiger partial charge is 0.378 e. The Bertz CT molecular complexity index is 753. The summed E-state index contributed by atoms with van der Waals surface area (Å²) in [5.74, 6) is 0.0845. The summed E-state index contributed by atoms with van der Waals surface area (Å²) in [4.78, 5) is 17.4. The number of fused-ring (bicyclic) bond motifs is 2. The molecule has 1 fully saturated rings. The molecule has 1 atom stereocenters. The first-order valence-electron chi connectivity index (χ1n) is 8.53. The molecule has 2 aromatic rings. The highest BCUT2D eigenvalue weighted by Gasteiger charge is 2.32. The number of rotatable bonds is 1. The molecule has 0 saturated carbocycles. The average Bonchev–Trinajstić information content (AvgIpc) is 2.78. The maximum Gasteiger partial charge on any atom is 0.230 e. The average molecular weight is 322 g/mol. The molecule has 2 aliphatic heterocycles. The summed E-state index contributed by atoms with van der Waals surface area (Å²) in [5.41, 5.74) is 4.65. The van der Waals surface area contributed by atoms with Gasteiger partial charge in [0.05, 0.1) is 19.1 Å². The van der Waals surface area contributed by atoms with E-state index in [1.165, 1.54) is 11.3 Å². The third-order valence-electron chi connectivity index (χ3n) is 5.07. The van der Waals surface area contributed by atoms with Gasteiger partial charge < -0.3 is 14.5 Å². The number of nitrogens with zero attached hydrogens (tertiary/aromatic N) is 2. The number of hydrogen-bond donors (Lipinski definition) is 0. The van der Waals surface area contributed by atoms with E-state index in [1.54, 1.807) is 0 Å². The summed E-state index contributed by atoms with van der Waals surface area (Å²) < 4.78 is 5.40. The number of benzene rings is 2. The quantitative estimate of drug-likeness (QED) is 0.809. The van der Waals surface area contributed by atoms with Crippen LogP contribution < -0.4 is 4.90 Å². The smallest absolute Gasteiger partial charge is 0.230 e. The molecule has 0 bridgehead atoms. The molecule has 4 rings (SSSR count). The predicted molar refractivity (Wildman–Crippen MR) is 94.8 cm³/mol. The van der Waals surface area contributed by atoms with Gasteiger partial charge in [-0.05, 0) is 29.7 Å². The molecule has 0 radical (unpaired) electrons.